The molecule has 0 bridgehead atoms. The van der Waals surface area contributed by atoms with E-state index in [0.717, 1.165) is 6.54 Å². The molecule has 18 heavy (non-hydrogen) atoms. The molecule has 0 radical (unpaired) electrons. The van der Waals surface area contributed by atoms with E-state index in [1.807, 2.05) is 29.6 Å². The van der Waals surface area contributed by atoms with E-state index < -0.39 is 5.82 Å². The predicted molar refractivity (Wildman–Crippen MR) is 76.4 cm³/mol. The van der Waals surface area contributed by atoms with Gasteiger partial charge in [0, 0.05) is 41.2 Å². The molecule has 0 spiro atoms. The van der Waals surface area contributed by atoms with Crippen molar-refractivity contribution in [1.82, 2.24) is 5.32 Å². The third-order valence-corrected chi connectivity index (χ3v) is 5.62. The zero-order chi connectivity index (χ0) is 12.8. The lowest BCUT2D eigenvalue weighted by molar-refractivity contribution is 0.585. The molecule has 0 aliphatic carbocycles. The summed E-state index contributed by atoms with van der Waals surface area (Å²) in [6.45, 7) is 1.39. The summed E-state index contributed by atoms with van der Waals surface area (Å²) < 4.78 is 13.8. The quantitative estimate of drug-likeness (QED) is 0.921. The van der Waals surface area contributed by atoms with Crippen LogP contribution in [0.1, 0.15) is 11.1 Å². The summed E-state index contributed by atoms with van der Waals surface area (Å²) in [6.07, 6.45) is 0. The normalized spacial score (nSPS) is 19.4. The van der Waals surface area contributed by atoms with Crippen LogP contribution in [0, 0.1) is 17.1 Å². The molecule has 2 rings (SSSR count). The molecule has 2 nitrogen and oxygen atoms in total. The predicted octanol–water partition coefficient (Wildman–Crippen LogP) is 2.64. The summed E-state index contributed by atoms with van der Waals surface area (Å²) >= 11 is 3.96. The average Bonchev–Trinajstić information content (AvgIpc) is 2.42. The van der Waals surface area contributed by atoms with Gasteiger partial charge < -0.3 is 5.32 Å². The van der Waals surface area contributed by atoms with Gasteiger partial charge in [0.25, 0.3) is 0 Å². The maximum absolute atomic E-state index is 13.8. The van der Waals surface area contributed by atoms with Crippen molar-refractivity contribution in [3.63, 3.8) is 0 Å². The summed E-state index contributed by atoms with van der Waals surface area (Å²) in [5.41, 5.74) is 0.694. The van der Waals surface area contributed by atoms with Gasteiger partial charge in [-0.3, -0.25) is 0 Å². The van der Waals surface area contributed by atoms with Crippen LogP contribution >= 0.6 is 23.5 Å². The third-order valence-electron chi connectivity index (χ3n) is 2.77. The molecule has 1 N–H and O–H groups in total. The van der Waals surface area contributed by atoms with E-state index in [9.17, 15) is 4.39 Å². The molecule has 1 atom stereocenters. The first-order valence-electron chi connectivity index (χ1n) is 5.89. The lowest BCUT2D eigenvalue weighted by Crippen LogP contribution is -2.28. The van der Waals surface area contributed by atoms with E-state index in [0.29, 0.717) is 17.4 Å². The van der Waals surface area contributed by atoms with Crippen LogP contribution in [0.4, 0.5) is 4.39 Å². The van der Waals surface area contributed by atoms with E-state index >= 15 is 0 Å². The topological polar surface area (TPSA) is 35.8 Å². The monoisotopic (exact) mass is 282 g/mol. The number of hydrogen-bond donors (Lipinski definition) is 1. The van der Waals surface area contributed by atoms with Crippen molar-refractivity contribution in [1.29, 1.82) is 5.26 Å². The van der Waals surface area contributed by atoms with Crippen molar-refractivity contribution in [2.45, 2.75) is 11.8 Å². The van der Waals surface area contributed by atoms with Crippen molar-refractivity contribution in [2.75, 3.05) is 23.8 Å². The van der Waals surface area contributed by atoms with Gasteiger partial charge in [0.05, 0.1) is 5.56 Å². The number of halogens is 1. The van der Waals surface area contributed by atoms with E-state index in [1.54, 1.807) is 12.1 Å². The van der Waals surface area contributed by atoms with Crippen molar-refractivity contribution in [3.8, 4) is 6.07 Å². The highest BCUT2D eigenvalue weighted by Gasteiger charge is 2.14. The Morgan fingerprint density at radius 1 is 1.44 bits per heavy atom. The minimum Gasteiger partial charge on any atom is -0.311 e. The Kier molecular flexibility index (Phi) is 5.36. The Labute approximate surface area is 115 Å². The van der Waals surface area contributed by atoms with E-state index in [-0.39, 0.29) is 5.56 Å². The van der Waals surface area contributed by atoms with Crippen molar-refractivity contribution in [2.24, 2.45) is 0 Å². The Morgan fingerprint density at radius 3 is 3.06 bits per heavy atom. The average molecular weight is 282 g/mol. The molecule has 1 saturated heterocycles. The zero-order valence-corrected chi connectivity index (χ0v) is 11.6. The van der Waals surface area contributed by atoms with Gasteiger partial charge in [0.1, 0.15) is 11.9 Å². The molecule has 5 heteroatoms. The summed E-state index contributed by atoms with van der Waals surface area (Å²) in [5.74, 6) is 3.21. The Bertz CT molecular complexity index is 439. The van der Waals surface area contributed by atoms with Crippen LogP contribution < -0.4 is 5.32 Å². The van der Waals surface area contributed by atoms with Crippen molar-refractivity contribution >= 4 is 23.5 Å². The van der Waals surface area contributed by atoms with Gasteiger partial charge in [-0.2, -0.15) is 28.8 Å². The smallest absolute Gasteiger partial charge is 0.145 e. The Morgan fingerprint density at radius 2 is 2.33 bits per heavy atom. The molecule has 1 fully saturated rings. The second-order valence-corrected chi connectivity index (χ2v) is 6.65. The first-order chi connectivity index (χ1) is 8.81. The van der Waals surface area contributed by atoms with Crippen LogP contribution in [-0.4, -0.2) is 29.1 Å². The van der Waals surface area contributed by atoms with Crippen LogP contribution in [0.25, 0.3) is 0 Å². The van der Waals surface area contributed by atoms with Crippen molar-refractivity contribution in [3.05, 3.63) is 35.1 Å². The minimum atomic E-state index is -0.391. The molecule has 0 amide bonds. The highest BCUT2D eigenvalue weighted by atomic mass is 32.2. The molecule has 1 aromatic rings. The maximum atomic E-state index is 13.8. The maximum Gasteiger partial charge on any atom is 0.145 e. The standard InChI is InChI=1S/C13H15FN2S2/c14-13-10(6-15)2-1-3-11(13)7-16-8-12-9-17-4-5-18-12/h1-3,12,16H,4-5,7-9H2. The van der Waals surface area contributed by atoms with Crippen LogP contribution in [0.3, 0.4) is 0 Å². The lowest BCUT2D eigenvalue weighted by atomic mass is 10.1. The first kappa shape index (κ1) is 13.7. The van der Waals surface area contributed by atoms with Gasteiger partial charge in [-0.05, 0) is 6.07 Å². The van der Waals surface area contributed by atoms with Gasteiger partial charge in [-0.15, -0.1) is 0 Å². The van der Waals surface area contributed by atoms with Gasteiger partial charge in [-0.1, -0.05) is 12.1 Å². The number of nitriles is 1. The molecule has 96 valence electrons. The molecule has 1 heterocycles. The molecule has 1 aliphatic rings. The lowest BCUT2D eigenvalue weighted by Gasteiger charge is -2.21. The summed E-state index contributed by atoms with van der Waals surface area (Å²) in [6, 6.07) is 6.83. The third kappa shape index (κ3) is 3.64. The molecular weight excluding hydrogens is 267 g/mol. The van der Waals surface area contributed by atoms with E-state index in [4.69, 9.17) is 5.26 Å². The highest BCUT2D eigenvalue weighted by Crippen LogP contribution is 2.23. The fourth-order valence-electron chi connectivity index (χ4n) is 1.82. The number of benzene rings is 1. The second-order valence-electron chi connectivity index (χ2n) is 4.09. The molecule has 1 unspecified atom stereocenters. The molecular formula is C13H15FN2S2. The Balaban J connectivity index is 1.84. The van der Waals surface area contributed by atoms with Crippen LogP contribution in [0.5, 0.6) is 0 Å². The van der Waals surface area contributed by atoms with Gasteiger partial charge in [0.15, 0.2) is 0 Å². The fourth-order valence-corrected chi connectivity index (χ4v) is 4.47. The van der Waals surface area contributed by atoms with E-state index in [2.05, 4.69) is 5.32 Å². The summed E-state index contributed by atoms with van der Waals surface area (Å²) in [4.78, 5) is 0. The molecule has 0 saturated carbocycles. The second kappa shape index (κ2) is 7.03. The van der Waals surface area contributed by atoms with E-state index in [1.165, 1.54) is 23.3 Å². The Hall–Kier alpha value is -0.700. The molecule has 1 aliphatic heterocycles. The number of rotatable bonds is 4. The first-order valence-corrected chi connectivity index (χ1v) is 8.09. The number of nitrogens with zero attached hydrogens (tertiary/aromatic N) is 1. The number of hydrogen-bond acceptors (Lipinski definition) is 4. The van der Waals surface area contributed by atoms with Crippen LogP contribution in [-0.2, 0) is 6.54 Å². The number of thioether (sulfide) groups is 2. The zero-order valence-electron chi connectivity index (χ0n) is 9.99. The highest BCUT2D eigenvalue weighted by molar-refractivity contribution is 8.06. The van der Waals surface area contributed by atoms with Crippen LogP contribution in [0.2, 0.25) is 0 Å². The largest absolute Gasteiger partial charge is 0.311 e. The SMILES string of the molecule is N#Cc1cccc(CNCC2CSCCS2)c1F. The van der Waals surface area contributed by atoms with Crippen molar-refractivity contribution < 1.29 is 4.39 Å². The van der Waals surface area contributed by atoms with Gasteiger partial charge in [-0.25, -0.2) is 4.39 Å². The molecule has 0 aromatic heterocycles. The molecule has 1 aromatic carbocycles. The number of nitrogens with one attached hydrogen (secondary N) is 1. The van der Waals surface area contributed by atoms with Gasteiger partial charge in [0.2, 0.25) is 0 Å². The van der Waals surface area contributed by atoms with Crippen LogP contribution in [0.15, 0.2) is 18.2 Å². The van der Waals surface area contributed by atoms with Gasteiger partial charge >= 0.3 is 0 Å². The fraction of sp³-hybridized carbons (Fsp3) is 0.462. The summed E-state index contributed by atoms with van der Waals surface area (Å²) in [7, 11) is 0. The minimum absolute atomic E-state index is 0.122. The summed E-state index contributed by atoms with van der Waals surface area (Å²) in [5, 5.41) is 12.7.